The summed E-state index contributed by atoms with van der Waals surface area (Å²) >= 11 is 0. The van der Waals surface area contributed by atoms with Gasteiger partial charge in [-0.05, 0) is 6.92 Å². The number of fused-ring (bicyclic) bond motifs is 1. The molecule has 0 aromatic rings. The highest BCUT2D eigenvalue weighted by atomic mass is 16.2. The Kier molecular flexibility index (Phi) is 1.52. The molecule has 6 nitrogen and oxygen atoms in total. The lowest BCUT2D eigenvalue weighted by Crippen LogP contribution is -2.64. The maximum absolute atomic E-state index is 11.6. The van der Waals surface area contributed by atoms with Crippen molar-refractivity contribution in [2.24, 2.45) is 9.98 Å². The van der Waals surface area contributed by atoms with E-state index in [-0.39, 0.29) is 11.9 Å². The standard InChI is InChI=1S/C8H10N4O2/c1-8-5(9-4-10-8)6(13)11(2)7(14)12(8)3/h4H,1-3H3. The van der Waals surface area contributed by atoms with Crippen LogP contribution in [-0.2, 0) is 4.79 Å². The molecule has 2 rings (SSSR count). The highest BCUT2D eigenvalue weighted by Gasteiger charge is 2.50. The minimum atomic E-state index is -0.916. The maximum Gasteiger partial charge on any atom is 0.328 e. The molecule has 2 aliphatic heterocycles. The van der Waals surface area contributed by atoms with Crippen molar-refractivity contribution in [3.63, 3.8) is 0 Å². The summed E-state index contributed by atoms with van der Waals surface area (Å²) in [5.74, 6) is -0.381. The van der Waals surface area contributed by atoms with Gasteiger partial charge in [0.05, 0.1) is 0 Å². The van der Waals surface area contributed by atoms with Crippen LogP contribution in [0.3, 0.4) is 0 Å². The molecule has 74 valence electrons. The average Bonchev–Trinajstić information content (AvgIpc) is 2.55. The first kappa shape index (κ1) is 8.86. The van der Waals surface area contributed by atoms with E-state index in [4.69, 9.17) is 0 Å². The van der Waals surface area contributed by atoms with Crippen molar-refractivity contribution < 1.29 is 9.59 Å². The highest BCUT2D eigenvalue weighted by molar-refractivity contribution is 6.47. The molecule has 3 amide bonds. The van der Waals surface area contributed by atoms with E-state index in [2.05, 4.69) is 9.98 Å². The lowest BCUT2D eigenvalue weighted by atomic mass is 10.0. The van der Waals surface area contributed by atoms with Crippen LogP contribution in [0.25, 0.3) is 0 Å². The molecule has 1 saturated heterocycles. The number of amides is 3. The third kappa shape index (κ3) is 0.799. The van der Waals surface area contributed by atoms with E-state index in [0.29, 0.717) is 5.71 Å². The van der Waals surface area contributed by atoms with Gasteiger partial charge in [-0.1, -0.05) is 0 Å². The minimum absolute atomic E-state index is 0.294. The molecule has 6 heteroatoms. The zero-order valence-electron chi connectivity index (χ0n) is 8.18. The zero-order valence-corrected chi connectivity index (χ0v) is 8.18. The Morgan fingerprint density at radius 2 is 2.00 bits per heavy atom. The predicted octanol–water partition coefficient (Wildman–Crippen LogP) is -0.291. The molecule has 0 radical (unpaired) electrons. The predicted molar refractivity (Wildman–Crippen MR) is 50.3 cm³/mol. The Morgan fingerprint density at radius 3 is 2.64 bits per heavy atom. The van der Waals surface area contributed by atoms with Gasteiger partial charge in [-0.2, -0.15) is 0 Å². The van der Waals surface area contributed by atoms with Gasteiger partial charge in [0.2, 0.25) is 0 Å². The first-order chi connectivity index (χ1) is 6.48. The summed E-state index contributed by atoms with van der Waals surface area (Å²) in [5, 5.41) is 0. The summed E-state index contributed by atoms with van der Waals surface area (Å²) < 4.78 is 0. The van der Waals surface area contributed by atoms with E-state index in [1.54, 1.807) is 14.0 Å². The quantitative estimate of drug-likeness (QED) is 0.531. The van der Waals surface area contributed by atoms with E-state index in [9.17, 15) is 9.59 Å². The third-order valence-electron chi connectivity index (χ3n) is 2.68. The Morgan fingerprint density at radius 1 is 1.36 bits per heavy atom. The van der Waals surface area contributed by atoms with Crippen LogP contribution < -0.4 is 0 Å². The summed E-state index contributed by atoms with van der Waals surface area (Å²) in [5.41, 5.74) is -0.622. The number of nitrogens with zero attached hydrogens (tertiary/aromatic N) is 4. The SMILES string of the molecule is CN1C(=O)C2=NC=NC2(C)N(C)C1=O. The normalized spacial score (nSPS) is 30.9. The number of hydrogen-bond donors (Lipinski definition) is 0. The molecular weight excluding hydrogens is 184 g/mol. The summed E-state index contributed by atoms with van der Waals surface area (Å²) in [6.07, 6.45) is 1.32. The van der Waals surface area contributed by atoms with Gasteiger partial charge in [0.15, 0.2) is 11.4 Å². The highest BCUT2D eigenvalue weighted by Crippen LogP contribution is 2.27. The second-order valence-corrected chi connectivity index (χ2v) is 3.45. The van der Waals surface area contributed by atoms with Crippen molar-refractivity contribution in [2.45, 2.75) is 12.6 Å². The number of rotatable bonds is 0. The fraction of sp³-hybridized carbons (Fsp3) is 0.500. The largest absolute Gasteiger partial charge is 0.328 e. The van der Waals surface area contributed by atoms with Gasteiger partial charge in [0, 0.05) is 14.1 Å². The molecule has 2 heterocycles. The van der Waals surface area contributed by atoms with Gasteiger partial charge in [-0.3, -0.25) is 14.6 Å². The molecule has 0 aliphatic carbocycles. The van der Waals surface area contributed by atoms with Crippen LogP contribution in [-0.4, -0.2) is 53.5 Å². The second kappa shape index (κ2) is 2.40. The molecule has 1 unspecified atom stereocenters. The molecule has 0 N–H and O–H groups in total. The van der Waals surface area contributed by atoms with Crippen LogP contribution in [0.1, 0.15) is 6.92 Å². The number of aliphatic imine (C=N–C) groups is 2. The van der Waals surface area contributed by atoms with E-state index in [0.717, 1.165) is 4.90 Å². The topological polar surface area (TPSA) is 65.3 Å². The molecule has 1 atom stereocenters. The Labute approximate surface area is 80.9 Å². The molecule has 1 fully saturated rings. The van der Waals surface area contributed by atoms with E-state index in [1.165, 1.54) is 18.3 Å². The van der Waals surface area contributed by atoms with Crippen molar-refractivity contribution in [2.75, 3.05) is 14.1 Å². The second-order valence-electron chi connectivity index (χ2n) is 3.45. The van der Waals surface area contributed by atoms with Crippen LogP contribution in [0, 0.1) is 0 Å². The summed E-state index contributed by atoms with van der Waals surface area (Å²) in [6, 6.07) is -0.365. The van der Waals surface area contributed by atoms with E-state index < -0.39 is 5.66 Å². The first-order valence-corrected chi connectivity index (χ1v) is 4.16. The fourth-order valence-electron chi connectivity index (χ4n) is 1.54. The lowest BCUT2D eigenvalue weighted by molar-refractivity contribution is -0.122. The number of urea groups is 1. The van der Waals surface area contributed by atoms with Crippen molar-refractivity contribution in [1.82, 2.24) is 9.80 Å². The Hall–Kier alpha value is -1.72. The van der Waals surface area contributed by atoms with E-state index in [1.807, 2.05) is 0 Å². The number of imide groups is 1. The van der Waals surface area contributed by atoms with Gasteiger partial charge in [0.25, 0.3) is 5.91 Å². The Balaban J connectivity index is 2.53. The van der Waals surface area contributed by atoms with Crippen LogP contribution >= 0.6 is 0 Å². The fourth-order valence-corrected chi connectivity index (χ4v) is 1.54. The average molecular weight is 194 g/mol. The van der Waals surface area contributed by atoms with Crippen molar-refractivity contribution in [3.8, 4) is 0 Å². The van der Waals surface area contributed by atoms with Crippen molar-refractivity contribution in [3.05, 3.63) is 0 Å². The van der Waals surface area contributed by atoms with Crippen LogP contribution in [0.2, 0.25) is 0 Å². The zero-order chi connectivity index (χ0) is 10.5. The molecule has 14 heavy (non-hydrogen) atoms. The number of carbonyl (C=O) groups excluding carboxylic acids is 2. The summed E-state index contributed by atoms with van der Waals surface area (Å²) in [6.45, 7) is 1.69. The molecule has 0 saturated carbocycles. The van der Waals surface area contributed by atoms with Crippen LogP contribution in [0.5, 0.6) is 0 Å². The number of hydrogen-bond acceptors (Lipinski definition) is 4. The molecule has 0 aromatic heterocycles. The Bertz CT molecular complexity index is 387. The van der Waals surface area contributed by atoms with Gasteiger partial charge in [0.1, 0.15) is 6.34 Å². The third-order valence-corrected chi connectivity index (χ3v) is 2.68. The van der Waals surface area contributed by atoms with Crippen LogP contribution in [0.4, 0.5) is 4.79 Å². The van der Waals surface area contributed by atoms with E-state index >= 15 is 0 Å². The molecule has 0 spiro atoms. The lowest BCUT2D eigenvalue weighted by Gasteiger charge is -2.40. The minimum Gasteiger partial charge on any atom is -0.297 e. The van der Waals surface area contributed by atoms with Gasteiger partial charge >= 0.3 is 6.03 Å². The summed E-state index contributed by atoms with van der Waals surface area (Å²) in [7, 11) is 3.03. The van der Waals surface area contributed by atoms with Gasteiger partial charge in [-0.25, -0.2) is 14.8 Å². The van der Waals surface area contributed by atoms with Gasteiger partial charge < -0.3 is 0 Å². The first-order valence-electron chi connectivity index (χ1n) is 4.16. The van der Waals surface area contributed by atoms with Gasteiger partial charge in [-0.15, -0.1) is 0 Å². The maximum atomic E-state index is 11.6. The molecule has 2 aliphatic rings. The summed E-state index contributed by atoms with van der Waals surface area (Å²) in [4.78, 5) is 33.6. The van der Waals surface area contributed by atoms with Crippen molar-refractivity contribution in [1.29, 1.82) is 0 Å². The molecular formula is C8H10N4O2. The van der Waals surface area contributed by atoms with Crippen molar-refractivity contribution >= 4 is 24.0 Å². The van der Waals surface area contributed by atoms with Crippen LogP contribution in [0.15, 0.2) is 9.98 Å². The molecule has 0 bridgehead atoms. The number of carbonyl (C=O) groups is 2. The monoisotopic (exact) mass is 194 g/mol. The smallest absolute Gasteiger partial charge is 0.297 e. The molecule has 0 aromatic carbocycles.